The standard InChI is InChI=1S/C31H34F3NO5/c1-6-23(7-2)39-25-16-17-27(26(18-25)21-10-14-24(15-11-21)40-31(32,33)34)35(28(36)29(37)38)19-20-8-12-22(13-9-20)30(3,4)5/h8-18,23H,6-7,19H2,1-5H3,(H,37,38). The second-order valence-corrected chi connectivity index (χ2v) is 10.5. The number of halogens is 3. The van der Waals surface area contributed by atoms with Crippen LogP contribution in [-0.2, 0) is 21.5 Å². The Kier molecular flexibility index (Phi) is 9.50. The molecule has 0 bridgehead atoms. The summed E-state index contributed by atoms with van der Waals surface area (Å²) in [6, 6.07) is 17.6. The van der Waals surface area contributed by atoms with E-state index in [9.17, 15) is 27.9 Å². The fourth-order valence-corrected chi connectivity index (χ4v) is 4.21. The highest BCUT2D eigenvalue weighted by Crippen LogP contribution is 2.37. The molecule has 9 heteroatoms. The Morgan fingerprint density at radius 3 is 1.95 bits per heavy atom. The topological polar surface area (TPSA) is 76.1 Å². The summed E-state index contributed by atoms with van der Waals surface area (Å²) in [6.07, 6.45) is -3.40. The largest absolute Gasteiger partial charge is 0.573 e. The number of alkyl halides is 3. The molecule has 0 aliphatic heterocycles. The third kappa shape index (κ3) is 8.00. The fraction of sp³-hybridized carbons (Fsp3) is 0.355. The maximum atomic E-state index is 13.0. The first-order valence-electron chi connectivity index (χ1n) is 13.0. The number of hydrogen-bond donors (Lipinski definition) is 1. The summed E-state index contributed by atoms with van der Waals surface area (Å²) >= 11 is 0. The van der Waals surface area contributed by atoms with Gasteiger partial charge >= 0.3 is 18.2 Å². The molecule has 0 unspecified atom stereocenters. The number of rotatable bonds is 9. The van der Waals surface area contributed by atoms with E-state index in [2.05, 4.69) is 25.5 Å². The van der Waals surface area contributed by atoms with Gasteiger partial charge in [-0.25, -0.2) is 4.79 Å². The first-order valence-corrected chi connectivity index (χ1v) is 13.0. The van der Waals surface area contributed by atoms with Crippen LogP contribution in [0.25, 0.3) is 11.1 Å². The zero-order valence-corrected chi connectivity index (χ0v) is 23.2. The third-order valence-corrected chi connectivity index (χ3v) is 6.46. The lowest BCUT2D eigenvalue weighted by molar-refractivity contribution is -0.274. The van der Waals surface area contributed by atoms with Gasteiger partial charge in [-0.3, -0.25) is 9.69 Å². The molecule has 1 N–H and O–H groups in total. The second kappa shape index (κ2) is 12.4. The second-order valence-electron chi connectivity index (χ2n) is 10.5. The van der Waals surface area contributed by atoms with Crippen molar-refractivity contribution in [2.24, 2.45) is 0 Å². The van der Waals surface area contributed by atoms with E-state index in [-0.39, 0.29) is 23.8 Å². The van der Waals surface area contributed by atoms with Gasteiger partial charge in [0, 0.05) is 5.56 Å². The van der Waals surface area contributed by atoms with Gasteiger partial charge in [-0.15, -0.1) is 13.2 Å². The number of hydrogen-bond acceptors (Lipinski definition) is 4. The van der Waals surface area contributed by atoms with Crippen LogP contribution in [0.15, 0.2) is 66.7 Å². The van der Waals surface area contributed by atoms with Crippen LogP contribution < -0.4 is 14.4 Å². The lowest BCUT2D eigenvalue weighted by Crippen LogP contribution is -2.36. The Morgan fingerprint density at radius 2 is 1.45 bits per heavy atom. The molecular weight excluding hydrogens is 523 g/mol. The number of nitrogens with zero attached hydrogens (tertiary/aromatic N) is 1. The van der Waals surface area contributed by atoms with Crippen molar-refractivity contribution in [1.29, 1.82) is 0 Å². The number of carboxylic acids is 1. The van der Waals surface area contributed by atoms with E-state index in [1.165, 1.54) is 12.1 Å². The quantitative estimate of drug-likeness (QED) is 0.273. The van der Waals surface area contributed by atoms with Crippen LogP contribution in [0.1, 0.15) is 58.6 Å². The summed E-state index contributed by atoms with van der Waals surface area (Å²) in [4.78, 5) is 26.0. The lowest BCUT2D eigenvalue weighted by atomic mass is 9.86. The lowest BCUT2D eigenvalue weighted by Gasteiger charge is -2.26. The first kappa shape index (κ1) is 30.5. The molecule has 0 fully saturated rings. The molecule has 6 nitrogen and oxygen atoms in total. The number of carbonyl (C=O) groups excluding carboxylic acids is 1. The monoisotopic (exact) mass is 557 g/mol. The summed E-state index contributed by atoms with van der Waals surface area (Å²) in [5.41, 5.74) is 2.84. The van der Waals surface area contributed by atoms with Crippen molar-refractivity contribution in [3.8, 4) is 22.6 Å². The van der Waals surface area contributed by atoms with Crippen LogP contribution in [-0.4, -0.2) is 29.4 Å². The van der Waals surface area contributed by atoms with Gasteiger partial charge in [-0.05, 0) is 65.3 Å². The maximum absolute atomic E-state index is 13.0. The number of anilines is 1. The predicted octanol–water partition coefficient (Wildman–Crippen LogP) is 7.73. The average molecular weight is 558 g/mol. The molecule has 0 saturated heterocycles. The smallest absolute Gasteiger partial charge is 0.490 e. The van der Waals surface area contributed by atoms with E-state index in [1.807, 2.05) is 38.1 Å². The zero-order valence-electron chi connectivity index (χ0n) is 23.2. The van der Waals surface area contributed by atoms with Crippen LogP contribution in [0.5, 0.6) is 11.5 Å². The van der Waals surface area contributed by atoms with E-state index in [0.29, 0.717) is 22.4 Å². The summed E-state index contributed by atoms with van der Waals surface area (Å²) < 4.78 is 48.2. The number of aliphatic carboxylic acids is 1. The molecule has 0 aliphatic rings. The molecule has 3 rings (SSSR count). The highest BCUT2D eigenvalue weighted by atomic mass is 19.4. The van der Waals surface area contributed by atoms with Crippen molar-refractivity contribution < 1.29 is 37.3 Å². The van der Waals surface area contributed by atoms with Gasteiger partial charge in [-0.2, -0.15) is 0 Å². The number of ether oxygens (including phenoxy) is 2. The minimum Gasteiger partial charge on any atom is -0.490 e. The molecule has 0 heterocycles. The SMILES string of the molecule is CCC(CC)Oc1ccc(N(Cc2ccc(C(C)(C)C)cc2)C(=O)C(=O)O)c(-c2ccc(OC(F)(F)F)cc2)c1. The average Bonchev–Trinajstić information content (AvgIpc) is 2.89. The summed E-state index contributed by atoms with van der Waals surface area (Å²) in [6.45, 7) is 10.2. The number of carboxylic acid groups (broad SMARTS) is 1. The van der Waals surface area contributed by atoms with Gasteiger partial charge in [0.05, 0.1) is 18.3 Å². The maximum Gasteiger partial charge on any atom is 0.573 e. The van der Waals surface area contributed by atoms with Crippen LogP contribution in [0, 0.1) is 0 Å². The van der Waals surface area contributed by atoms with Gasteiger partial charge in [0.1, 0.15) is 11.5 Å². The minimum atomic E-state index is -4.84. The number of benzene rings is 3. The van der Waals surface area contributed by atoms with Crippen LogP contribution in [0.2, 0.25) is 0 Å². The Labute approximate surface area is 232 Å². The van der Waals surface area contributed by atoms with Gasteiger partial charge < -0.3 is 14.6 Å². The summed E-state index contributed by atoms with van der Waals surface area (Å²) in [5, 5.41) is 9.65. The molecule has 0 saturated carbocycles. The Balaban J connectivity index is 2.11. The normalized spacial score (nSPS) is 11.8. The molecule has 40 heavy (non-hydrogen) atoms. The molecule has 0 aromatic heterocycles. The fourth-order valence-electron chi connectivity index (χ4n) is 4.21. The third-order valence-electron chi connectivity index (χ3n) is 6.46. The van der Waals surface area contributed by atoms with Crippen molar-refractivity contribution in [1.82, 2.24) is 0 Å². The van der Waals surface area contributed by atoms with Crippen molar-refractivity contribution in [2.45, 2.75) is 71.9 Å². The molecule has 3 aromatic carbocycles. The zero-order chi connectivity index (χ0) is 29.7. The molecule has 3 aromatic rings. The Bertz CT molecular complexity index is 1310. The highest BCUT2D eigenvalue weighted by molar-refractivity contribution is 6.37. The molecule has 0 aliphatic carbocycles. The Morgan fingerprint density at radius 1 is 0.875 bits per heavy atom. The molecule has 1 amide bonds. The molecule has 0 atom stereocenters. The summed E-state index contributed by atoms with van der Waals surface area (Å²) in [7, 11) is 0. The Hall–Kier alpha value is -4.01. The van der Waals surface area contributed by atoms with E-state index in [4.69, 9.17) is 4.74 Å². The molecule has 0 radical (unpaired) electrons. The predicted molar refractivity (Wildman–Crippen MR) is 148 cm³/mol. The van der Waals surface area contributed by atoms with Gasteiger partial charge in [0.15, 0.2) is 0 Å². The van der Waals surface area contributed by atoms with Crippen molar-refractivity contribution >= 4 is 17.6 Å². The van der Waals surface area contributed by atoms with Crippen molar-refractivity contribution in [2.75, 3.05) is 4.90 Å². The summed E-state index contributed by atoms with van der Waals surface area (Å²) in [5.74, 6) is -2.70. The molecule has 0 spiro atoms. The highest BCUT2D eigenvalue weighted by Gasteiger charge is 2.31. The van der Waals surface area contributed by atoms with E-state index in [1.54, 1.807) is 18.2 Å². The first-order chi connectivity index (χ1) is 18.7. The van der Waals surface area contributed by atoms with E-state index in [0.717, 1.165) is 35.4 Å². The minimum absolute atomic E-state index is 0.0371. The number of amides is 1. The van der Waals surface area contributed by atoms with Crippen molar-refractivity contribution in [3.63, 3.8) is 0 Å². The molecular formula is C31H34F3NO5. The van der Waals surface area contributed by atoms with Gasteiger partial charge in [0.2, 0.25) is 0 Å². The van der Waals surface area contributed by atoms with Crippen molar-refractivity contribution in [3.05, 3.63) is 77.9 Å². The van der Waals surface area contributed by atoms with E-state index < -0.39 is 24.0 Å². The molecule has 214 valence electrons. The number of carbonyl (C=O) groups is 2. The van der Waals surface area contributed by atoms with E-state index >= 15 is 0 Å². The van der Waals surface area contributed by atoms with Crippen LogP contribution in [0.3, 0.4) is 0 Å². The van der Waals surface area contributed by atoms with Gasteiger partial charge in [0.25, 0.3) is 0 Å². The van der Waals surface area contributed by atoms with Crippen LogP contribution >= 0.6 is 0 Å². The van der Waals surface area contributed by atoms with Gasteiger partial charge in [-0.1, -0.05) is 71.0 Å². The van der Waals surface area contributed by atoms with Crippen LogP contribution in [0.4, 0.5) is 18.9 Å².